The van der Waals surface area contributed by atoms with Gasteiger partial charge in [-0.25, -0.2) is 0 Å². The van der Waals surface area contributed by atoms with Crippen molar-refractivity contribution in [2.45, 2.75) is 0 Å². The van der Waals surface area contributed by atoms with Crippen LogP contribution in [0.2, 0.25) is 0 Å². The van der Waals surface area contributed by atoms with Crippen LogP contribution in [0.1, 0.15) is 10.5 Å². The zero-order valence-electron chi connectivity index (χ0n) is 12.7. The molecule has 3 aromatic rings. The molecule has 0 saturated carbocycles. The molecule has 1 amide bonds. The van der Waals surface area contributed by atoms with Gasteiger partial charge in [0.1, 0.15) is 11.3 Å². The number of nitrogen functional groups attached to an aromatic ring is 1. The number of fused-ring (bicyclic) bond motifs is 1. The van der Waals surface area contributed by atoms with Crippen LogP contribution in [0.15, 0.2) is 36.7 Å². The maximum Gasteiger partial charge on any atom is 0.273 e. The van der Waals surface area contributed by atoms with E-state index in [1.54, 1.807) is 31.6 Å². The van der Waals surface area contributed by atoms with Crippen molar-refractivity contribution in [1.29, 1.82) is 0 Å². The lowest BCUT2D eigenvalue weighted by Crippen LogP contribution is -2.21. The van der Waals surface area contributed by atoms with Crippen LogP contribution < -0.4 is 15.8 Å². The first-order chi connectivity index (χ1) is 11.2. The van der Waals surface area contributed by atoms with E-state index in [1.807, 2.05) is 12.1 Å². The van der Waals surface area contributed by atoms with Crippen molar-refractivity contribution in [1.82, 2.24) is 20.5 Å². The second-order valence-corrected chi connectivity index (χ2v) is 4.82. The van der Waals surface area contributed by atoms with E-state index in [0.29, 0.717) is 22.3 Å². The predicted molar refractivity (Wildman–Crippen MR) is 87.1 cm³/mol. The molecule has 116 valence electrons. The highest BCUT2D eigenvalue weighted by molar-refractivity contribution is 6.07. The molecule has 0 aliphatic heterocycles. The number of nitrogens with one attached hydrogen (secondary N) is 1. The van der Waals surface area contributed by atoms with Crippen molar-refractivity contribution >= 4 is 22.5 Å². The van der Waals surface area contributed by atoms with Gasteiger partial charge in [0, 0.05) is 36.0 Å². The maximum atomic E-state index is 11.8. The van der Waals surface area contributed by atoms with Gasteiger partial charge in [0.2, 0.25) is 0 Å². The quantitative estimate of drug-likeness (QED) is 0.762. The predicted octanol–water partition coefficient (Wildman–Crippen LogP) is 1.64. The van der Waals surface area contributed by atoms with Crippen LogP contribution in [0.25, 0.3) is 22.0 Å². The van der Waals surface area contributed by atoms with Crippen molar-refractivity contribution in [3.63, 3.8) is 0 Å². The number of amides is 1. The lowest BCUT2D eigenvalue weighted by atomic mass is 10.0. The summed E-state index contributed by atoms with van der Waals surface area (Å²) < 4.78 is 5.37. The minimum absolute atomic E-state index is 0.107. The molecule has 0 bridgehead atoms. The van der Waals surface area contributed by atoms with Gasteiger partial charge in [-0.2, -0.15) is 0 Å². The summed E-state index contributed by atoms with van der Waals surface area (Å²) in [6, 6.07) is 7.30. The molecular formula is C16H15N5O2. The van der Waals surface area contributed by atoms with Crippen molar-refractivity contribution < 1.29 is 9.53 Å². The van der Waals surface area contributed by atoms with E-state index in [0.717, 1.165) is 11.1 Å². The van der Waals surface area contributed by atoms with Gasteiger partial charge in [0.25, 0.3) is 5.91 Å². The fraction of sp³-hybridized carbons (Fsp3) is 0.125. The monoisotopic (exact) mass is 309 g/mol. The summed E-state index contributed by atoms with van der Waals surface area (Å²) in [5.74, 6) is 0.296. The zero-order chi connectivity index (χ0) is 16.4. The summed E-state index contributed by atoms with van der Waals surface area (Å²) in [5.41, 5.74) is 8.65. The Morgan fingerprint density at radius 2 is 2.04 bits per heavy atom. The first-order valence-electron chi connectivity index (χ1n) is 6.92. The second-order valence-electron chi connectivity index (χ2n) is 4.82. The van der Waals surface area contributed by atoms with Gasteiger partial charge in [0.05, 0.1) is 12.8 Å². The van der Waals surface area contributed by atoms with E-state index in [2.05, 4.69) is 20.5 Å². The third-order valence-corrected chi connectivity index (χ3v) is 3.56. The largest absolute Gasteiger partial charge is 0.496 e. The summed E-state index contributed by atoms with van der Waals surface area (Å²) in [5, 5.41) is 11.3. The van der Waals surface area contributed by atoms with E-state index in [-0.39, 0.29) is 11.6 Å². The van der Waals surface area contributed by atoms with Gasteiger partial charge in [-0.05, 0) is 6.07 Å². The Labute approximate surface area is 132 Å². The Kier molecular flexibility index (Phi) is 3.76. The van der Waals surface area contributed by atoms with Gasteiger partial charge in [-0.3, -0.25) is 9.78 Å². The number of ether oxygens (including phenoxy) is 1. The van der Waals surface area contributed by atoms with Gasteiger partial charge in [-0.1, -0.05) is 18.2 Å². The van der Waals surface area contributed by atoms with Gasteiger partial charge < -0.3 is 15.8 Å². The first kappa shape index (κ1) is 14.7. The smallest absolute Gasteiger partial charge is 0.273 e. The van der Waals surface area contributed by atoms with E-state index in [4.69, 9.17) is 10.5 Å². The Balaban J connectivity index is 2.28. The highest BCUT2D eigenvalue weighted by Gasteiger charge is 2.17. The molecule has 0 unspecified atom stereocenters. The molecule has 0 radical (unpaired) electrons. The van der Waals surface area contributed by atoms with Crippen LogP contribution in [0.4, 0.5) is 5.69 Å². The molecule has 3 N–H and O–H groups in total. The number of benzene rings is 1. The van der Waals surface area contributed by atoms with Crippen molar-refractivity contribution in [2.24, 2.45) is 0 Å². The summed E-state index contributed by atoms with van der Waals surface area (Å²) in [4.78, 5) is 15.9. The van der Waals surface area contributed by atoms with E-state index < -0.39 is 0 Å². The molecule has 2 heterocycles. The molecule has 0 saturated heterocycles. The number of anilines is 1. The summed E-state index contributed by atoms with van der Waals surface area (Å²) in [6.45, 7) is 0. The maximum absolute atomic E-state index is 11.8. The molecule has 0 fully saturated rings. The molecule has 0 spiro atoms. The van der Waals surface area contributed by atoms with Gasteiger partial charge >= 0.3 is 0 Å². The third-order valence-electron chi connectivity index (χ3n) is 3.56. The van der Waals surface area contributed by atoms with Crippen LogP contribution >= 0.6 is 0 Å². The Bertz CT molecular complexity index is 895. The molecule has 7 heteroatoms. The van der Waals surface area contributed by atoms with Crippen LogP contribution in [0.3, 0.4) is 0 Å². The lowest BCUT2D eigenvalue weighted by molar-refractivity contribution is 0.0958. The van der Waals surface area contributed by atoms with Crippen LogP contribution in [0.5, 0.6) is 5.75 Å². The molecule has 0 aliphatic carbocycles. The van der Waals surface area contributed by atoms with Gasteiger partial charge in [0.15, 0.2) is 5.69 Å². The minimum Gasteiger partial charge on any atom is -0.496 e. The molecule has 0 atom stereocenters. The number of rotatable bonds is 3. The number of nitrogens with two attached hydrogens (primary N) is 1. The standard InChI is InChI=1S/C16H15N5O2/c1-18-16(22)15-13(17)10-5-3-4-9(14(10)20-21-15)11-8-19-7-6-12(11)23-2/h3-8H,1-2H3,(H2,17,20)(H,18,22). The van der Waals surface area contributed by atoms with Crippen LogP contribution in [0, 0.1) is 0 Å². The molecule has 23 heavy (non-hydrogen) atoms. The van der Waals surface area contributed by atoms with Crippen molar-refractivity contribution in [3.05, 3.63) is 42.4 Å². The fourth-order valence-corrected chi connectivity index (χ4v) is 2.42. The second kappa shape index (κ2) is 5.88. The normalized spacial score (nSPS) is 10.5. The number of methoxy groups -OCH3 is 1. The molecule has 2 aromatic heterocycles. The highest BCUT2D eigenvalue weighted by atomic mass is 16.5. The van der Waals surface area contributed by atoms with Crippen molar-refractivity contribution in [3.8, 4) is 16.9 Å². The SMILES string of the molecule is CNC(=O)c1nnc2c(-c3cnccc3OC)cccc2c1N. The van der Waals surface area contributed by atoms with Gasteiger partial charge in [-0.15, -0.1) is 10.2 Å². The van der Waals surface area contributed by atoms with Crippen LogP contribution in [-0.4, -0.2) is 35.2 Å². The topological polar surface area (TPSA) is 103 Å². The molecule has 3 rings (SSSR count). The molecule has 7 nitrogen and oxygen atoms in total. The fourth-order valence-electron chi connectivity index (χ4n) is 2.42. The average Bonchev–Trinajstić information content (AvgIpc) is 2.61. The number of aromatic nitrogens is 3. The highest BCUT2D eigenvalue weighted by Crippen LogP contribution is 2.34. The average molecular weight is 309 g/mol. The third kappa shape index (κ3) is 2.42. The summed E-state index contributed by atoms with van der Waals surface area (Å²) in [7, 11) is 3.11. The molecule has 0 aliphatic rings. The number of carbonyl (C=O) groups is 1. The number of hydrogen-bond acceptors (Lipinski definition) is 6. The Morgan fingerprint density at radius 3 is 2.78 bits per heavy atom. The number of nitrogens with zero attached hydrogens (tertiary/aromatic N) is 3. The Morgan fingerprint density at radius 1 is 1.22 bits per heavy atom. The molecule has 1 aromatic carbocycles. The summed E-state index contributed by atoms with van der Waals surface area (Å²) in [6.07, 6.45) is 3.34. The number of hydrogen-bond donors (Lipinski definition) is 2. The van der Waals surface area contributed by atoms with E-state index in [9.17, 15) is 4.79 Å². The number of carbonyl (C=O) groups excluding carboxylic acids is 1. The zero-order valence-corrected chi connectivity index (χ0v) is 12.7. The van der Waals surface area contributed by atoms with E-state index in [1.165, 1.54) is 7.05 Å². The molecular weight excluding hydrogens is 294 g/mol. The van der Waals surface area contributed by atoms with Crippen molar-refractivity contribution in [2.75, 3.05) is 19.9 Å². The Hall–Kier alpha value is -3.22. The van der Waals surface area contributed by atoms with E-state index >= 15 is 0 Å². The minimum atomic E-state index is -0.374. The number of pyridine rings is 1. The first-order valence-corrected chi connectivity index (χ1v) is 6.92. The lowest BCUT2D eigenvalue weighted by Gasteiger charge is -2.11. The summed E-state index contributed by atoms with van der Waals surface area (Å²) >= 11 is 0. The van der Waals surface area contributed by atoms with Crippen LogP contribution in [-0.2, 0) is 0 Å².